The summed E-state index contributed by atoms with van der Waals surface area (Å²) in [5.74, 6) is 0.387. The van der Waals surface area contributed by atoms with E-state index in [-0.39, 0.29) is 6.00 Å². The monoisotopic (exact) mass is 110 g/mol. The van der Waals surface area contributed by atoms with Crippen LogP contribution in [0, 0.1) is 0 Å². The van der Waals surface area contributed by atoms with Crippen molar-refractivity contribution < 1.29 is 9.84 Å². The molecule has 0 aromatic carbocycles. The molecule has 1 heterocycles. The van der Waals surface area contributed by atoms with E-state index in [2.05, 4.69) is 6.58 Å². The lowest BCUT2D eigenvalue weighted by Crippen LogP contribution is -2.04. The Balaban J connectivity index is 2.51. The smallest absolute Gasteiger partial charge is 0.126 e. The third kappa shape index (κ3) is 0.867. The lowest BCUT2D eigenvalue weighted by molar-refractivity contribution is 0.188. The fraction of sp³-hybridized carbons (Fsp3) is 0.600. The molecule has 1 N–H and O–H groups in total. The highest BCUT2D eigenvalue weighted by molar-refractivity contribution is 6.11. The summed E-state index contributed by atoms with van der Waals surface area (Å²) in [5, 5.41) is 8.86. The van der Waals surface area contributed by atoms with Gasteiger partial charge in [0.25, 0.3) is 0 Å². The Morgan fingerprint density at radius 3 is 2.62 bits per heavy atom. The molecule has 0 bridgehead atoms. The quantitative estimate of drug-likeness (QED) is 0.436. The molecule has 0 unspecified atom stereocenters. The normalized spacial score (nSPS) is 37.4. The zero-order valence-electron chi connectivity index (χ0n) is 4.50. The van der Waals surface area contributed by atoms with Crippen LogP contribution in [0.15, 0.2) is 12.3 Å². The van der Waals surface area contributed by atoms with Gasteiger partial charge in [-0.1, -0.05) is 6.58 Å². The number of ether oxygens (including phenoxy) is 1. The number of hydrogen-bond acceptors (Lipinski definition) is 2. The first kappa shape index (κ1) is 5.70. The Bertz CT molecular complexity index is 113. The highest BCUT2D eigenvalue weighted by Crippen LogP contribution is 2.19. The van der Waals surface area contributed by atoms with E-state index in [1.54, 1.807) is 0 Å². The van der Waals surface area contributed by atoms with Crippen LogP contribution in [0.1, 0.15) is 6.42 Å². The van der Waals surface area contributed by atoms with Crippen LogP contribution in [0.5, 0.6) is 0 Å². The Hall–Kier alpha value is -0.435. The molecular formula is C5H7BO2. The Morgan fingerprint density at radius 2 is 2.50 bits per heavy atom. The van der Waals surface area contributed by atoms with Crippen LogP contribution < -0.4 is 0 Å². The molecule has 0 aromatic heterocycles. The maximum absolute atomic E-state index is 8.86. The summed E-state index contributed by atoms with van der Waals surface area (Å²) >= 11 is 0. The van der Waals surface area contributed by atoms with E-state index < -0.39 is 6.10 Å². The first-order valence-corrected chi connectivity index (χ1v) is 2.49. The van der Waals surface area contributed by atoms with Crippen molar-refractivity contribution in [2.75, 3.05) is 0 Å². The summed E-state index contributed by atoms with van der Waals surface area (Å²) in [7, 11) is 5.27. The molecule has 1 aliphatic rings. The molecule has 1 saturated heterocycles. The fourth-order valence-electron chi connectivity index (χ4n) is 0.673. The second kappa shape index (κ2) is 1.82. The largest absolute Gasteiger partial charge is 0.503 e. The van der Waals surface area contributed by atoms with Crippen molar-refractivity contribution in [3.05, 3.63) is 12.3 Å². The molecule has 0 aliphatic carbocycles. The highest BCUT2D eigenvalue weighted by Gasteiger charge is 2.23. The highest BCUT2D eigenvalue weighted by atomic mass is 16.5. The van der Waals surface area contributed by atoms with Crippen LogP contribution >= 0.6 is 0 Å². The third-order valence-corrected chi connectivity index (χ3v) is 1.13. The molecule has 3 heteroatoms. The van der Waals surface area contributed by atoms with Crippen molar-refractivity contribution in [1.29, 1.82) is 0 Å². The zero-order chi connectivity index (χ0) is 6.15. The molecule has 2 atom stereocenters. The van der Waals surface area contributed by atoms with Crippen molar-refractivity contribution in [1.82, 2.24) is 0 Å². The van der Waals surface area contributed by atoms with Gasteiger partial charge < -0.3 is 9.84 Å². The SMILES string of the molecule is [B][C@H]1C[C@H](O)C(=C)O1. The first-order valence-electron chi connectivity index (χ1n) is 2.49. The van der Waals surface area contributed by atoms with Crippen molar-refractivity contribution in [3.8, 4) is 0 Å². The van der Waals surface area contributed by atoms with Crippen LogP contribution in [-0.2, 0) is 4.74 Å². The first-order chi connectivity index (χ1) is 3.70. The van der Waals surface area contributed by atoms with E-state index in [1.165, 1.54) is 0 Å². The van der Waals surface area contributed by atoms with Gasteiger partial charge >= 0.3 is 0 Å². The lowest BCUT2D eigenvalue weighted by atomic mass is 9.97. The zero-order valence-corrected chi connectivity index (χ0v) is 4.50. The predicted octanol–water partition coefficient (Wildman–Crippen LogP) is -0.224. The van der Waals surface area contributed by atoms with Crippen LogP contribution in [0.4, 0.5) is 0 Å². The summed E-state index contributed by atoms with van der Waals surface area (Å²) in [6.07, 6.45) is -0.0799. The molecular weight excluding hydrogens is 103 g/mol. The van der Waals surface area contributed by atoms with Crippen molar-refractivity contribution in [3.63, 3.8) is 0 Å². The summed E-state index contributed by atoms with van der Waals surface area (Å²) in [6.45, 7) is 3.43. The van der Waals surface area contributed by atoms with Gasteiger partial charge in [0, 0.05) is 6.42 Å². The van der Waals surface area contributed by atoms with Gasteiger partial charge in [0.15, 0.2) is 0 Å². The van der Waals surface area contributed by atoms with Gasteiger partial charge in [0.2, 0.25) is 0 Å². The Labute approximate surface area is 49.6 Å². The summed E-state index contributed by atoms with van der Waals surface area (Å²) < 4.78 is 4.81. The lowest BCUT2D eigenvalue weighted by Gasteiger charge is -1.99. The molecule has 0 saturated carbocycles. The molecule has 1 aliphatic heterocycles. The van der Waals surface area contributed by atoms with Crippen molar-refractivity contribution in [2.24, 2.45) is 0 Å². The molecule has 8 heavy (non-hydrogen) atoms. The minimum Gasteiger partial charge on any atom is -0.503 e. The van der Waals surface area contributed by atoms with Gasteiger partial charge in [-0.25, -0.2) is 0 Å². The maximum atomic E-state index is 8.86. The fourth-order valence-corrected chi connectivity index (χ4v) is 0.673. The average molecular weight is 110 g/mol. The minimum atomic E-state index is -0.551. The third-order valence-electron chi connectivity index (χ3n) is 1.13. The molecule has 42 valence electrons. The molecule has 0 spiro atoms. The maximum Gasteiger partial charge on any atom is 0.126 e. The number of aliphatic hydroxyl groups excluding tert-OH is 1. The minimum absolute atomic E-state index is 0.350. The van der Waals surface area contributed by atoms with E-state index in [0.717, 1.165) is 0 Å². The second-order valence-electron chi connectivity index (χ2n) is 1.87. The van der Waals surface area contributed by atoms with Gasteiger partial charge in [0.1, 0.15) is 19.7 Å². The molecule has 1 fully saturated rings. The summed E-state index contributed by atoms with van der Waals surface area (Å²) in [5.41, 5.74) is 0. The topological polar surface area (TPSA) is 29.5 Å². The van der Waals surface area contributed by atoms with Crippen LogP contribution in [-0.4, -0.2) is 25.1 Å². The van der Waals surface area contributed by atoms with Gasteiger partial charge in [-0.15, -0.1) is 0 Å². The van der Waals surface area contributed by atoms with Gasteiger partial charge in [-0.2, -0.15) is 0 Å². The van der Waals surface area contributed by atoms with Crippen molar-refractivity contribution >= 4 is 7.85 Å². The van der Waals surface area contributed by atoms with Crippen LogP contribution in [0.25, 0.3) is 0 Å². The molecule has 2 nitrogen and oxygen atoms in total. The van der Waals surface area contributed by atoms with E-state index in [4.69, 9.17) is 17.7 Å². The standard InChI is InChI=1S/C5H7BO2/c1-3-4(7)2-5(6)8-3/h4-5,7H,1-2H2/t4-,5+/m0/s1. The van der Waals surface area contributed by atoms with E-state index in [9.17, 15) is 0 Å². The molecule has 0 aromatic rings. The average Bonchev–Trinajstić information content (AvgIpc) is 1.85. The Kier molecular flexibility index (Phi) is 1.30. The van der Waals surface area contributed by atoms with E-state index in [0.29, 0.717) is 12.2 Å². The summed E-state index contributed by atoms with van der Waals surface area (Å²) in [6, 6.07) is -0.350. The summed E-state index contributed by atoms with van der Waals surface area (Å²) in [4.78, 5) is 0. The molecule has 0 amide bonds. The Morgan fingerprint density at radius 1 is 1.88 bits per heavy atom. The van der Waals surface area contributed by atoms with Crippen LogP contribution in [0.2, 0.25) is 0 Å². The van der Waals surface area contributed by atoms with Crippen LogP contribution in [0.3, 0.4) is 0 Å². The van der Waals surface area contributed by atoms with Gasteiger partial charge in [-0.3, -0.25) is 0 Å². The van der Waals surface area contributed by atoms with E-state index in [1.807, 2.05) is 0 Å². The predicted molar refractivity (Wildman–Crippen MR) is 30.4 cm³/mol. The number of hydrogen-bond donors (Lipinski definition) is 1. The molecule has 2 radical (unpaired) electrons. The van der Waals surface area contributed by atoms with Gasteiger partial charge in [-0.05, 0) is 0 Å². The van der Waals surface area contributed by atoms with Crippen molar-refractivity contribution in [2.45, 2.75) is 18.5 Å². The molecule has 1 rings (SSSR count). The van der Waals surface area contributed by atoms with Gasteiger partial charge in [0.05, 0.1) is 6.00 Å². The number of rotatable bonds is 0. The van der Waals surface area contributed by atoms with E-state index >= 15 is 0 Å². The second-order valence-corrected chi connectivity index (χ2v) is 1.87. The number of aliphatic hydroxyl groups is 1.